The third-order valence-electron chi connectivity index (χ3n) is 6.30. The van der Waals surface area contributed by atoms with Crippen LogP contribution >= 0.6 is 11.3 Å². The van der Waals surface area contributed by atoms with Crippen LogP contribution in [0, 0.1) is 6.92 Å². The van der Waals surface area contributed by atoms with Gasteiger partial charge < -0.3 is 10.0 Å². The summed E-state index contributed by atoms with van der Waals surface area (Å²) in [7, 11) is 0. The molecule has 1 N–H and O–H groups in total. The van der Waals surface area contributed by atoms with Crippen molar-refractivity contribution in [2.24, 2.45) is 0 Å². The maximum Gasteiger partial charge on any atom is 0.304 e. The van der Waals surface area contributed by atoms with Crippen LogP contribution in [0.5, 0.6) is 0 Å². The first kappa shape index (κ1) is 24.9. The van der Waals surface area contributed by atoms with Gasteiger partial charge in [0.05, 0.1) is 21.6 Å². The predicted octanol–water partition coefficient (Wildman–Crippen LogP) is 6.97. The molecule has 6 heteroatoms. The number of rotatable bonds is 10. The molecule has 0 spiro atoms. The third kappa shape index (κ3) is 6.25. The molecule has 0 aliphatic rings. The minimum Gasteiger partial charge on any atom is -0.481 e. The van der Waals surface area contributed by atoms with Crippen molar-refractivity contribution in [1.82, 2.24) is 9.97 Å². The number of hydrogen-bond acceptors (Lipinski definition) is 5. The van der Waals surface area contributed by atoms with Crippen LogP contribution < -0.4 is 4.90 Å². The highest BCUT2D eigenvalue weighted by molar-refractivity contribution is 7.18. The van der Waals surface area contributed by atoms with E-state index in [1.54, 1.807) is 11.3 Å². The SMILES string of the molecule is CCC(CC(=O)O)c1cc(Cc2ccc3nc(C)sc3c2)cc(N(Cc2ccccc2)C(C)C)n1. The topological polar surface area (TPSA) is 66.3 Å². The van der Waals surface area contributed by atoms with Gasteiger partial charge in [-0.1, -0.05) is 43.3 Å². The summed E-state index contributed by atoms with van der Waals surface area (Å²) in [6.45, 7) is 9.16. The summed E-state index contributed by atoms with van der Waals surface area (Å²) < 4.78 is 1.19. The number of fused-ring (bicyclic) bond motifs is 1. The third-order valence-corrected chi connectivity index (χ3v) is 7.24. The molecule has 2 aromatic heterocycles. The standard InChI is InChI=1S/C29H33N3O2S/c1-5-24(17-29(33)34)26-14-23(13-22-11-12-25-27(15-22)35-20(4)30-25)16-28(31-26)32(19(2)3)18-21-9-7-6-8-10-21/h6-12,14-16,19,24H,5,13,17-18H2,1-4H3,(H,33,34). The summed E-state index contributed by atoms with van der Waals surface area (Å²) in [5.74, 6) is -0.0138. The number of pyridine rings is 1. The van der Waals surface area contributed by atoms with Crippen molar-refractivity contribution in [3.63, 3.8) is 0 Å². The lowest BCUT2D eigenvalue weighted by Gasteiger charge is -2.29. The van der Waals surface area contributed by atoms with Gasteiger partial charge in [0.25, 0.3) is 0 Å². The molecule has 0 aliphatic heterocycles. The summed E-state index contributed by atoms with van der Waals surface area (Å²) in [5.41, 5.74) is 5.48. The minimum absolute atomic E-state index is 0.0822. The number of aryl methyl sites for hydroxylation is 1. The molecule has 4 aromatic rings. The van der Waals surface area contributed by atoms with Crippen molar-refractivity contribution >= 4 is 33.3 Å². The Morgan fingerprint density at radius 3 is 2.46 bits per heavy atom. The first-order valence-electron chi connectivity index (χ1n) is 12.2. The van der Waals surface area contributed by atoms with Crippen LogP contribution in [-0.2, 0) is 17.8 Å². The van der Waals surface area contributed by atoms with Gasteiger partial charge in [-0.05, 0) is 74.6 Å². The number of anilines is 1. The summed E-state index contributed by atoms with van der Waals surface area (Å²) >= 11 is 1.71. The Bertz CT molecular complexity index is 1300. The number of aliphatic carboxylic acids is 1. The van der Waals surface area contributed by atoms with Crippen molar-refractivity contribution < 1.29 is 9.90 Å². The highest BCUT2D eigenvalue weighted by atomic mass is 32.1. The molecule has 1 unspecified atom stereocenters. The van der Waals surface area contributed by atoms with Crippen molar-refractivity contribution in [2.75, 3.05) is 4.90 Å². The molecule has 0 radical (unpaired) electrons. The van der Waals surface area contributed by atoms with E-state index in [-0.39, 0.29) is 18.4 Å². The largest absolute Gasteiger partial charge is 0.481 e. The van der Waals surface area contributed by atoms with Crippen molar-refractivity contribution in [3.05, 3.63) is 88.1 Å². The quantitative estimate of drug-likeness (QED) is 0.261. The van der Waals surface area contributed by atoms with Crippen LogP contribution in [0.4, 0.5) is 5.82 Å². The van der Waals surface area contributed by atoms with E-state index >= 15 is 0 Å². The maximum absolute atomic E-state index is 11.6. The highest BCUT2D eigenvalue weighted by Crippen LogP contribution is 2.29. The van der Waals surface area contributed by atoms with Gasteiger partial charge in [-0.2, -0.15) is 0 Å². The molecule has 182 valence electrons. The second-order valence-corrected chi connectivity index (χ2v) is 10.6. The van der Waals surface area contributed by atoms with Crippen LogP contribution in [0.2, 0.25) is 0 Å². The summed E-state index contributed by atoms with van der Waals surface area (Å²) in [4.78, 5) is 23.5. The van der Waals surface area contributed by atoms with E-state index in [2.05, 4.69) is 78.3 Å². The fourth-order valence-corrected chi connectivity index (χ4v) is 5.35. The minimum atomic E-state index is -0.790. The molecule has 0 saturated carbocycles. The van der Waals surface area contributed by atoms with Crippen LogP contribution in [0.15, 0.2) is 60.7 Å². The predicted molar refractivity (Wildman–Crippen MR) is 144 cm³/mol. The molecular formula is C29H33N3O2S. The summed E-state index contributed by atoms with van der Waals surface area (Å²) in [6.07, 6.45) is 1.57. The fraction of sp³-hybridized carbons (Fsp3) is 0.345. The molecule has 0 fully saturated rings. The Kier molecular flexibility index (Phi) is 7.81. The molecule has 4 rings (SSSR count). The van der Waals surface area contributed by atoms with E-state index in [1.807, 2.05) is 19.9 Å². The number of thiazole rings is 1. The summed E-state index contributed by atoms with van der Waals surface area (Å²) in [6, 6.07) is 21.4. The van der Waals surface area contributed by atoms with E-state index < -0.39 is 5.97 Å². The van der Waals surface area contributed by atoms with Gasteiger partial charge in [-0.25, -0.2) is 9.97 Å². The molecule has 0 bridgehead atoms. The smallest absolute Gasteiger partial charge is 0.304 e. The Morgan fingerprint density at radius 2 is 1.77 bits per heavy atom. The van der Waals surface area contributed by atoms with Gasteiger partial charge in [-0.3, -0.25) is 4.79 Å². The second kappa shape index (κ2) is 11.0. The lowest BCUT2D eigenvalue weighted by molar-refractivity contribution is -0.137. The van der Waals surface area contributed by atoms with Gasteiger partial charge in [-0.15, -0.1) is 11.3 Å². The lowest BCUT2D eigenvalue weighted by Crippen LogP contribution is -2.31. The van der Waals surface area contributed by atoms with Crippen LogP contribution in [-0.4, -0.2) is 27.1 Å². The number of nitrogens with zero attached hydrogens (tertiary/aromatic N) is 3. The van der Waals surface area contributed by atoms with Crippen molar-refractivity contribution in [3.8, 4) is 0 Å². The van der Waals surface area contributed by atoms with Crippen LogP contribution in [0.25, 0.3) is 10.2 Å². The van der Waals surface area contributed by atoms with Gasteiger partial charge in [0.2, 0.25) is 0 Å². The zero-order valence-corrected chi connectivity index (χ0v) is 21.7. The first-order chi connectivity index (χ1) is 16.8. The van der Waals surface area contributed by atoms with Gasteiger partial charge in [0.15, 0.2) is 0 Å². The molecular weight excluding hydrogens is 454 g/mol. The van der Waals surface area contributed by atoms with Crippen molar-refractivity contribution in [1.29, 1.82) is 0 Å². The molecule has 2 aromatic carbocycles. The fourth-order valence-electron chi connectivity index (χ4n) is 4.46. The van der Waals surface area contributed by atoms with Crippen LogP contribution in [0.3, 0.4) is 0 Å². The molecule has 2 heterocycles. The molecule has 0 amide bonds. The molecule has 1 atom stereocenters. The number of hydrogen-bond donors (Lipinski definition) is 1. The lowest BCUT2D eigenvalue weighted by atomic mass is 9.95. The monoisotopic (exact) mass is 487 g/mol. The van der Waals surface area contributed by atoms with Gasteiger partial charge in [0.1, 0.15) is 5.82 Å². The number of benzene rings is 2. The van der Waals surface area contributed by atoms with E-state index in [0.29, 0.717) is 0 Å². The number of aromatic nitrogens is 2. The molecule has 35 heavy (non-hydrogen) atoms. The Hall–Kier alpha value is -3.25. The first-order valence-corrected chi connectivity index (χ1v) is 13.0. The Labute approximate surface area is 211 Å². The zero-order chi connectivity index (χ0) is 24.9. The van der Waals surface area contributed by atoms with E-state index in [0.717, 1.165) is 47.0 Å². The zero-order valence-electron chi connectivity index (χ0n) is 20.9. The van der Waals surface area contributed by atoms with Crippen LogP contribution in [0.1, 0.15) is 66.9 Å². The number of carboxylic acids is 1. The molecule has 0 aliphatic carbocycles. The summed E-state index contributed by atoms with van der Waals surface area (Å²) in [5, 5.41) is 10.6. The molecule has 0 saturated heterocycles. The number of carboxylic acid groups (broad SMARTS) is 1. The van der Waals surface area contributed by atoms with Crippen molar-refractivity contribution in [2.45, 2.75) is 65.5 Å². The van der Waals surface area contributed by atoms with Gasteiger partial charge >= 0.3 is 5.97 Å². The van der Waals surface area contributed by atoms with E-state index in [1.165, 1.54) is 15.8 Å². The highest BCUT2D eigenvalue weighted by Gasteiger charge is 2.20. The molecule has 5 nitrogen and oxygen atoms in total. The van der Waals surface area contributed by atoms with E-state index in [9.17, 15) is 9.90 Å². The average molecular weight is 488 g/mol. The second-order valence-electron chi connectivity index (χ2n) is 9.38. The normalized spacial score (nSPS) is 12.3. The maximum atomic E-state index is 11.6. The number of carbonyl (C=O) groups is 1. The Morgan fingerprint density at radius 1 is 1.00 bits per heavy atom. The van der Waals surface area contributed by atoms with Gasteiger partial charge in [0, 0.05) is 24.2 Å². The van der Waals surface area contributed by atoms with E-state index in [4.69, 9.17) is 4.98 Å². The Balaban J connectivity index is 1.74. The average Bonchev–Trinajstić information content (AvgIpc) is 3.20.